The zero-order valence-corrected chi connectivity index (χ0v) is 20.1. The molecule has 0 aromatic carbocycles. The summed E-state index contributed by atoms with van der Waals surface area (Å²) in [5.41, 5.74) is -6.37. The van der Waals surface area contributed by atoms with E-state index in [0.717, 1.165) is 16.8 Å². The molecule has 0 aliphatic carbocycles. The van der Waals surface area contributed by atoms with Crippen molar-refractivity contribution in [1.29, 1.82) is 0 Å². The van der Waals surface area contributed by atoms with Crippen LogP contribution >= 0.6 is 0 Å². The van der Waals surface area contributed by atoms with E-state index in [-0.39, 0.29) is 4.57 Å². The maximum Gasteiger partial charge on any atom is 0.425 e. The van der Waals surface area contributed by atoms with E-state index in [0.29, 0.717) is 4.90 Å². The summed E-state index contributed by atoms with van der Waals surface area (Å²) in [5.74, 6) is 2.31. The number of aliphatic hydroxyl groups excluding tert-OH is 1. The van der Waals surface area contributed by atoms with Gasteiger partial charge in [-0.3, -0.25) is 9.36 Å². The van der Waals surface area contributed by atoms with Gasteiger partial charge in [-0.1, -0.05) is 5.92 Å². The first-order chi connectivity index (χ1) is 16.1. The number of ether oxygens (including phenoxy) is 4. The molecule has 2 fully saturated rings. The van der Waals surface area contributed by atoms with Crippen LogP contribution in [-0.4, -0.2) is 73.0 Å². The molecule has 1 unspecified atom stereocenters. The highest BCUT2D eigenvalue weighted by atomic mass is 16.6. The van der Waals surface area contributed by atoms with Crippen molar-refractivity contribution in [2.45, 2.75) is 76.7 Å². The molecular formula is C22H27N3O10. The van der Waals surface area contributed by atoms with Gasteiger partial charge in [0.05, 0.1) is 6.61 Å². The molecule has 3 heterocycles. The highest BCUT2D eigenvalue weighted by molar-refractivity contribution is 5.92. The minimum atomic E-state index is -2.10. The van der Waals surface area contributed by atoms with Gasteiger partial charge >= 0.3 is 24.0 Å². The number of nitrogens with zero attached hydrogens (tertiary/aromatic N) is 3. The normalized spacial score (nSPS) is 26.1. The average Bonchev–Trinajstić information content (AvgIpc) is 3.15. The van der Waals surface area contributed by atoms with E-state index in [1.54, 1.807) is 41.5 Å². The molecule has 13 heteroatoms. The van der Waals surface area contributed by atoms with Gasteiger partial charge in [0.1, 0.15) is 17.3 Å². The lowest BCUT2D eigenvalue weighted by Gasteiger charge is -2.34. The lowest BCUT2D eigenvalue weighted by atomic mass is 9.90. The highest BCUT2D eigenvalue weighted by Gasteiger charge is 2.70. The van der Waals surface area contributed by atoms with Crippen LogP contribution in [0.1, 0.15) is 47.8 Å². The maximum absolute atomic E-state index is 13.3. The van der Waals surface area contributed by atoms with Crippen molar-refractivity contribution in [2.24, 2.45) is 0 Å². The smallest absolute Gasteiger partial charge is 0.425 e. The van der Waals surface area contributed by atoms with Crippen molar-refractivity contribution in [1.82, 2.24) is 14.0 Å². The predicted octanol–water partition coefficient (Wildman–Crippen LogP) is 0.811. The SMILES string of the molecule is C#C[C@]12C(OC(=O)N1C(=O)OC(C)(C)C)[C@@H](CO)O[C@H]2n1ccc(=O)n(C(=O)OC(C)(C)C)c1=O. The van der Waals surface area contributed by atoms with Gasteiger partial charge in [-0.2, -0.15) is 9.47 Å². The number of carbonyl (C=O) groups excluding carboxylic acids is 3. The Bertz CT molecular complexity index is 1210. The Balaban J connectivity index is 2.20. The summed E-state index contributed by atoms with van der Waals surface area (Å²) >= 11 is 0. The number of imide groups is 1. The highest BCUT2D eigenvalue weighted by Crippen LogP contribution is 2.48. The second-order valence-electron chi connectivity index (χ2n) is 9.96. The molecule has 3 rings (SSSR count). The fourth-order valence-electron chi connectivity index (χ4n) is 3.79. The van der Waals surface area contributed by atoms with Crippen LogP contribution in [0.25, 0.3) is 0 Å². The van der Waals surface area contributed by atoms with Gasteiger partial charge in [-0.25, -0.2) is 19.2 Å². The van der Waals surface area contributed by atoms with Crippen LogP contribution in [0.3, 0.4) is 0 Å². The van der Waals surface area contributed by atoms with Crippen molar-refractivity contribution < 1.29 is 38.4 Å². The number of hydrogen-bond donors (Lipinski definition) is 1. The first-order valence-electron chi connectivity index (χ1n) is 10.6. The van der Waals surface area contributed by atoms with Crippen LogP contribution in [0.2, 0.25) is 0 Å². The number of aromatic nitrogens is 2. The molecule has 0 bridgehead atoms. The van der Waals surface area contributed by atoms with Gasteiger partial charge < -0.3 is 24.1 Å². The number of hydrogen-bond acceptors (Lipinski definition) is 10. The Hall–Kier alpha value is -3.63. The third-order valence-corrected chi connectivity index (χ3v) is 5.06. The summed E-state index contributed by atoms with van der Waals surface area (Å²) in [6.45, 7) is 8.62. The number of carbonyl (C=O) groups is 3. The Morgan fingerprint density at radius 3 is 2.20 bits per heavy atom. The predicted molar refractivity (Wildman–Crippen MR) is 117 cm³/mol. The minimum absolute atomic E-state index is 0.218. The molecule has 4 atom stereocenters. The third kappa shape index (κ3) is 4.42. The fraction of sp³-hybridized carbons (Fsp3) is 0.591. The van der Waals surface area contributed by atoms with Gasteiger partial charge in [0, 0.05) is 12.3 Å². The molecular weight excluding hydrogens is 466 g/mol. The fourth-order valence-corrected chi connectivity index (χ4v) is 3.79. The minimum Gasteiger partial charge on any atom is -0.443 e. The molecule has 2 amide bonds. The Kier molecular flexibility index (Phi) is 6.34. The van der Waals surface area contributed by atoms with Crippen molar-refractivity contribution in [3.05, 3.63) is 33.1 Å². The van der Waals surface area contributed by atoms with Crippen LogP contribution in [0.5, 0.6) is 0 Å². The monoisotopic (exact) mass is 493 g/mol. The van der Waals surface area contributed by atoms with Crippen LogP contribution in [0.4, 0.5) is 14.4 Å². The molecule has 2 saturated heterocycles. The number of terminal acetylenes is 1. The topological polar surface area (TPSA) is 156 Å². The van der Waals surface area contributed by atoms with E-state index in [9.17, 15) is 29.1 Å². The zero-order chi connectivity index (χ0) is 26.5. The van der Waals surface area contributed by atoms with Gasteiger partial charge in [0.25, 0.3) is 5.56 Å². The summed E-state index contributed by atoms with van der Waals surface area (Å²) in [6.07, 6.45) is -1.12. The molecule has 1 N–H and O–H groups in total. The molecule has 0 radical (unpaired) electrons. The number of rotatable bonds is 2. The first kappa shape index (κ1) is 26.0. The lowest BCUT2D eigenvalue weighted by molar-refractivity contribution is -0.0680. The average molecular weight is 493 g/mol. The van der Waals surface area contributed by atoms with Gasteiger partial charge in [-0.05, 0) is 41.5 Å². The first-order valence-corrected chi connectivity index (χ1v) is 10.6. The Labute approximate surface area is 200 Å². The Morgan fingerprint density at radius 2 is 1.69 bits per heavy atom. The molecule has 190 valence electrons. The molecule has 1 aromatic rings. The summed E-state index contributed by atoms with van der Waals surface area (Å²) in [5, 5.41) is 9.83. The summed E-state index contributed by atoms with van der Waals surface area (Å²) < 4.78 is 22.4. The quantitative estimate of drug-likeness (QED) is 0.462. The maximum atomic E-state index is 13.3. The van der Waals surface area contributed by atoms with Crippen molar-refractivity contribution >= 4 is 18.3 Å². The van der Waals surface area contributed by atoms with E-state index >= 15 is 0 Å². The molecule has 13 nitrogen and oxygen atoms in total. The number of amides is 2. The second kappa shape index (κ2) is 8.54. The van der Waals surface area contributed by atoms with E-state index in [4.69, 9.17) is 25.4 Å². The molecule has 2 aliphatic rings. The van der Waals surface area contributed by atoms with E-state index in [1.807, 2.05) is 0 Å². The third-order valence-electron chi connectivity index (χ3n) is 5.06. The molecule has 2 aliphatic heterocycles. The van der Waals surface area contributed by atoms with Crippen LogP contribution in [-0.2, 0) is 18.9 Å². The Morgan fingerprint density at radius 1 is 1.11 bits per heavy atom. The largest absolute Gasteiger partial charge is 0.443 e. The van der Waals surface area contributed by atoms with E-state index in [1.165, 1.54) is 0 Å². The van der Waals surface area contributed by atoms with Crippen molar-refractivity contribution in [3.8, 4) is 12.3 Å². The zero-order valence-electron chi connectivity index (χ0n) is 20.1. The van der Waals surface area contributed by atoms with Crippen LogP contribution in [0, 0.1) is 12.3 Å². The van der Waals surface area contributed by atoms with Crippen molar-refractivity contribution in [2.75, 3.05) is 6.61 Å². The second-order valence-corrected chi connectivity index (χ2v) is 9.96. The van der Waals surface area contributed by atoms with Crippen LogP contribution in [0.15, 0.2) is 21.9 Å². The summed E-state index contributed by atoms with van der Waals surface area (Å²) in [6, 6.07) is 0.885. The van der Waals surface area contributed by atoms with E-state index < -0.39 is 71.3 Å². The molecule has 1 aromatic heterocycles. The molecule has 0 saturated carbocycles. The molecule has 0 spiro atoms. The van der Waals surface area contributed by atoms with Gasteiger partial charge in [-0.15, -0.1) is 6.42 Å². The molecule has 35 heavy (non-hydrogen) atoms. The lowest BCUT2D eigenvalue weighted by Crippen LogP contribution is -2.58. The van der Waals surface area contributed by atoms with Crippen LogP contribution < -0.4 is 11.2 Å². The summed E-state index contributed by atoms with van der Waals surface area (Å²) in [4.78, 5) is 64.5. The van der Waals surface area contributed by atoms with Crippen molar-refractivity contribution in [3.63, 3.8) is 0 Å². The number of fused-ring (bicyclic) bond motifs is 1. The summed E-state index contributed by atoms with van der Waals surface area (Å²) in [7, 11) is 0. The van der Waals surface area contributed by atoms with Gasteiger partial charge in [0.2, 0.25) is 5.54 Å². The standard InChI is InChI=1S/C22H27N3O10/c1-8-22-14(33-18(30)25(22)19(31)35-21(5,6)7)12(11-26)32-15(22)23-10-9-13(27)24(16(23)28)17(29)34-20(2,3)4/h1,9-10,12,14-15,26H,11H2,2-7H3/t12-,14?,15-,22-/m1/s1. The van der Waals surface area contributed by atoms with E-state index in [2.05, 4.69) is 5.92 Å². The van der Waals surface area contributed by atoms with Gasteiger partial charge in [0.15, 0.2) is 12.3 Å². The number of aliphatic hydroxyl groups is 1.